The van der Waals surface area contributed by atoms with Gasteiger partial charge in [0.2, 0.25) is 0 Å². The molecule has 0 bridgehead atoms. The van der Waals surface area contributed by atoms with E-state index in [1.807, 2.05) is 12.1 Å². The summed E-state index contributed by atoms with van der Waals surface area (Å²) in [5.74, 6) is 0.702. The van der Waals surface area contributed by atoms with Crippen LogP contribution in [0.4, 0.5) is 5.82 Å². The zero-order valence-electron chi connectivity index (χ0n) is 17.4. The van der Waals surface area contributed by atoms with Gasteiger partial charge in [-0.25, -0.2) is 9.97 Å². The topological polar surface area (TPSA) is 101 Å². The van der Waals surface area contributed by atoms with Crippen molar-refractivity contribution in [1.29, 1.82) is 0 Å². The molecule has 0 amide bonds. The zero-order chi connectivity index (χ0) is 20.9. The van der Waals surface area contributed by atoms with Crippen molar-refractivity contribution in [1.82, 2.24) is 24.8 Å². The first kappa shape index (κ1) is 23.0. The molecule has 2 aromatic heterocycles. The second-order valence-electron chi connectivity index (χ2n) is 7.77. The van der Waals surface area contributed by atoms with Crippen LogP contribution in [0.3, 0.4) is 0 Å². The van der Waals surface area contributed by atoms with Crippen molar-refractivity contribution in [3.63, 3.8) is 0 Å². The van der Waals surface area contributed by atoms with E-state index >= 15 is 0 Å². The van der Waals surface area contributed by atoms with Crippen LogP contribution in [0, 0.1) is 0 Å². The van der Waals surface area contributed by atoms with Gasteiger partial charge >= 0.3 is 0 Å². The lowest BCUT2D eigenvalue weighted by Crippen LogP contribution is -2.39. The quantitative estimate of drug-likeness (QED) is 0.476. The van der Waals surface area contributed by atoms with Crippen LogP contribution in [0.5, 0.6) is 5.75 Å². The smallest absolute Gasteiger partial charge is 0.146 e. The number of nitrogens with one attached hydrogen (secondary N) is 1. The SMILES string of the molecule is C.COCCNCCN1CCC(n2cc(-c3cccc(O)c3)c3c(N)ncnc32)CC1. The molecule has 4 N–H and O–H groups in total. The van der Waals surface area contributed by atoms with E-state index in [1.54, 1.807) is 19.2 Å². The van der Waals surface area contributed by atoms with Crippen LogP contribution in [0.2, 0.25) is 0 Å². The molecule has 1 aromatic carbocycles. The number of rotatable bonds is 8. The summed E-state index contributed by atoms with van der Waals surface area (Å²) in [5, 5.41) is 14.2. The number of likely N-dealkylation sites (tertiary alicyclic amines) is 1. The summed E-state index contributed by atoms with van der Waals surface area (Å²) in [6.45, 7) is 5.77. The number of nitrogen functional groups attached to an aromatic ring is 1. The average molecular weight is 427 g/mol. The Morgan fingerprint density at radius 1 is 1.23 bits per heavy atom. The second kappa shape index (κ2) is 10.6. The van der Waals surface area contributed by atoms with Gasteiger partial charge in [-0.05, 0) is 30.5 Å². The molecule has 0 aliphatic carbocycles. The molecule has 0 saturated carbocycles. The minimum absolute atomic E-state index is 0. The number of hydrogen-bond acceptors (Lipinski definition) is 7. The van der Waals surface area contributed by atoms with Crippen molar-refractivity contribution < 1.29 is 9.84 Å². The van der Waals surface area contributed by atoms with E-state index in [-0.39, 0.29) is 13.2 Å². The third-order valence-electron chi connectivity index (χ3n) is 5.83. The maximum Gasteiger partial charge on any atom is 0.146 e. The van der Waals surface area contributed by atoms with Gasteiger partial charge in [0.05, 0.1) is 12.0 Å². The molecule has 168 valence electrons. The van der Waals surface area contributed by atoms with E-state index in [1.165, 1.54) is 6.33 Å². The van der Waals surface area contributed by atoms with Crippen LogP contribution in [-0.2, 0) is 4.74 Å². The normalized spacial score (nSPS) is 15.3. The molecule has 1 fully saturated rings. The van der Waals surface area contributed by atoms with E-state index in [0.29, 0.717) is 11.9 Å². The third-order valence-corrected chi connectivity index (χ3v) is 5.83. The summed E-state index contributed by atoms with van der Waals surface area (Å²) in [4.78, 5) is 11.3. The Kier molecular flexibility index (Phi) is 7.84. The Bertz CT molecular complexity index is 981. The number of nitrogens with zero attached hydrogens (tertiary/aromatic N) is 4. The van der Waals surface area contributed by atoms with Gasteiger partial charge in [0.25, 0.3) is 0 Å². The van der Waals surface area contributed by atoms with Crippen molar-refractivity contribution in [2.75, 3.05) is 52.2 Å². The number of ether oxygens (including phenoxy) is 1. The van der Waals surface area contributed by atoms with E-state index in [0.717, 1.165) is 74.3 Å². The molecule has 8 heteroatoms. The molecule has 0 radical (unpaired) electrons. The van der Waals surface area contributed by atoms with E-state index in [2.05, 4.69) is 30.9 Å². The average Bonchev–Trinajstić information content (AvgIpc) is 3.15. The number of aromatic hydroxyl groups is 1. The Morgan fingerprint density at radius 2 is 2.03 bits per heavy atom. The van der Waals surface area contributed by atoms with Crippen LogP contribution in [0.1, 0.15) is 26.3 Å². The molecule has 0 atom stereocenters. The lowest BCUT2D eigenvalue weighted by molar-refractivity contribution is 0.180. The first-order valence-electron chi connectivity index (χ1n) is 10.5. The Morgan fingerprint density at radius 3 is 2.77 bits per heavy atom. The Hall–Kier alpha value is -2.68. The molecule has 3 heterocycles. The molecule has 1 aliphatic heterocycles. The van der Waals surface area contributed by atoms with Crippen LogP contribution < -0.4 is 11.1 Å². The van der Waals surface area contributed by atoms with Gasteiger partial charge in [0.1, 0.15) is 23.5 Å². The second-order valence-corrected chi connectivity index (χ2v) is 7.77. The summed E-state index contributed by atoms with van der Waals surface area (Å²) in [6, 6.07) is 7.61. The molecule has 4 rings (SSSR count). The highest BCUT2D eigenvalue weighted by molar-refractivity contribution is 6.00. The number of nitrogens with two attached hydrogens (primary N) is 1. The first-order chi connectivity index (χ1) is 14.7. The molecule has 0 spiro atoms. The number of benzene rings is 1. The van der Waals surface area contributed by atoms with Gasteiger partial charge in [0, 0.05) is 57.6 Å². The number of phenols is 1. The monoisotopic (exact) mass is 426 g/mol. The number of hydrogen-bond donors (Lipinski definition) is 3. The van der Waals surface area contributed by atoms with E-state index in [9.17, 15) is 5.11 Å². The lowest BCUT2D eigenvalue weighted by atomic mass is 10.0. The third kappa shape index (κ3) is 5.15. The first-order valence-corrected chi connectivity index (χ1v) is 10.5. The van der Waals surface area contributed by atoms with Crippen LogP contribution in [0.15, 0.2) is 36.8 Å². The van der Waals surface area contributed by atoms with Crippen LogP contribution >= 0.6 is 0 Å². The zero-order valence-corrected chi connectivity index (χ0v) is 17.4. The highest BCUT2D eigenvalue weighted by atomic mass is 16.5. The highest BCUT2D eigenvalue weighted by Crippen LogP contribution is 2.37. The molecule has 3 aromatic rings. The Balaban J connectivity index is 0.00000272. The molecule has 1 aliphatic rings. The number of piperidine rings is 1. The minimum atomic E-state index is 0. The lowest BCUT2D eigenvalue weighted by Gasteiger charge is -2.33. The molecule has 8 nitrogen and oxygen atoms in total. The van der Waals surface area contributed by atoms with Gasteiger partial charge in [-0.15, -0.1) is 0 Å². The van der Waals surface area contributed by atoms with Gasteiger partial charge in [-0.1, -0.05) is 19.6 Å². The summed E-state index contributed by atoms with van der Waals surface area (Å²) in [6.07, 6.45) is 5.77. The Labute approximate surface area is 184 Å². The largest absolute Gasteiger partial charge is 0.508 e. The minimum Gasteiger partial charge on any atom is -0.508 e. The molecule has 31 heavy (non-hydrogen) atoms. The highest BCUT2D eigenvalue weighted by Gasteiger charge is 2.24. The van der Waals surface area contributed by atoms with Crippen molar-refractivity contribution in [3.8, 4) is 16.9 Å². The van der Waals surface area contributed by atoms with Crippen LogP contribution in [-0.4, -0.2) is 71.0 Å². The number of aromatic nitrogens is 3. The van der Waals surface area contributed by atoms with E-state index in [4.69, 9.17) is 10.5 Å². The van der Waals surface area contributed by atoms with Gasteiger partial charge < -0.3 is 30.4 Å². The maximum absolute atomic E-state index is 9.93. The predicted molar refractivity (Wildman–Crippen MR) is 125 cm³/mol. The fourth-order valence-corrected chi connectivity index (χ4v) is 4.24. The summed E-state index contributed by atoms with van der Waals surface area (Å²) in [5.41, 5.74) is 8.98. The molecule has 0 unspecified atom stereocenters. The number of phenolic OH excluding ortho intramolecular Hbond substituents is 1. The molecular formula is C23H34N6O2. The van der Waals surface area contributed by atoms with Gasteiger partial charge in [-0.2, -0.15) is 0 Å². The molecule has 1 saturated heterocycles. The fourth-order valence-electron chi connectivity index (χ4n) is 4.24. The van der Waals surface area contributed by atoms with E-state index < -0.39 is 0 Å². The fraction of sp³-hybridized carbons (Fsp3) is 0.478. The molecular weight excluding hydrogens is 392 g/mol. The van der Waals surface area contributed by atoms with Crippen molar-refractivity contribution in [2.45, 2.75) is 26.3 Å². The van der Waals surface area contributed by atoms with Gasteiger partial charge in [-0.3, -0.25) is 0 Å². The number of fused-ring (bicyclic) bond motifs is 1. The number of anilines is 1. The predicted octanol–water partition coefficient (Wildman–Crippen LogP) is 2.90. The van der Waals surface area contributed by atoms with Crippen molar-refractivity contribution in [2.24, 2.45) is 0 Å². The summed E-state index contributed by atoms with van der Waals surface area (Å²) in [7, 11) is 1.72. The van der Waals surface area contributed by atoms with Gasteiger partial charge in [0.15, 0.2) is 0 Å². The maximum atomic E-state index is 9.93. The van der Waals surface area contributed by atoms with Crippen molar-refractivity contribution in [3.05, 3.63) is 36.8 Å². The standard InChI is InChI=1S/C22H30N6O2.CH4/c1-30-12-8-24-7-11-27-9-5-17(6-10-27)28-14-19(16-3-2-4-18(29)13-16)20-21(23)25-15-26-22(20)28;/h2-4,13-15,17,24,29H,5-12H2,1H3,(H2,23,25,26);1H4. The van der Waals surface area contributed by atoms with Crippen LogP contribution in [0.25, 0.3) is 22.2 Å². The number of methoxy groups -OCH3 is 1. The summed E-state index contributed by atoms with van der Waals surface area (Å²) >= 11 is 0. The summed E-state index contributed by atoms with van der Waals surface area (Å²) < 4.78 is 7.32. The van der Waals surface area contributed by atoms with Crippen molar-refractivity contribution >= 4 is 16.9 Å².